The molecule has 0 bridgehead atoms. The van der Waals surface area contributed by atoms with Crippen LogP contribution in [-0.2, 0) is 21.4 Å². The number of hydrogen-bond donors (Lipinski definition) is 3. The molecule has 4 rings (SSSR count). The number of rotatable bonds is 7. The van der Waals surface area contributed by atoms with Crippen LogP contribution < -0.4 is 15.8 Å². The maximum absolute atomic E-state index is 12.0. The molecule has 4 N–H and O–H groups in total. The summed E-state index contributed by atoms with van der Waals surface area (Å²) in [6.07, 6.45) is 3.62. The van der Waals surface area contributed by atoms with Crippen molar-refractivity contribution in [3.63, 3.8) is 0 Å². The molecule has 2 aromatic carbocycles. The van der Waals surface area contributed by atoms with Crippen molar-refractivity contribution >= 4 is 38.2 Å². The number of fused-ring (bicyclic) bond motifs is 1. The molecular formula is C22H24N4O3S. The topological polar surface area (TPSA) is 114 Å². The van der Waals surface area contributed by atoms with E-state index in [2.05, 4.69) is 15.0 Å². The Morgan fingerprint density at radius 1 is 1.13 bits per heavy atom. The zero-order chi connectivity index (χ0) is 21.3. The fourth-order valence-corrected chi connectivity index (χ4v) is 3.92. The third kappa shape index (κ3) is 4.44. The number of sulfonamides is 1. The summed E-state index contributed by atoms with van der Waals surface area (Å²) in [7, 11) is -3.37. The van der Waals surface area contributed by atoms with Gasteiger partial charge in [0.15, 0.2) is 0 Å². The van der Waals surface area contributed by atoms with Crippen molar-refractivity contribution in [2.24, 2.45) is 11.7 Å². The van der Waals surface area contributed by atoms with E-state index in [4.69, 9.17) is 5.73 Å². The lowest BCUT2D eigenvalue weighted by molar-refractivity contribution is -0.117. The molecule has 30 heavy (non-hydrogen) atoms. The molecule has 7 nitrogen and oxygen atoms in total. The van der Waals surface area contributed by atoms with E-state index in [9.17, 15) is 13.2 Å². The summed E-state index contributed by atoms with van der Waals surface area (Å²) in [6.45, 7) is 1.92. The van der Waals surface area contributed by atoms with Crippen LogP contribution in [0.5, 0.6) is 0 Å². The predicted molar refractivity (Wildman–Crippen MR) is 120 cm³/mol. The first-order valence-corrected chi connectivity index (χ1v) is 11.6. The number of anilines is 2. The van der Waals surface area contributed by atoms with E-state index in [0.717, 1.165) is 40.3 Å². The maximum Gasteiger partial charge on any atom is 0.232 e. The van der Waals surface area contributed by atoms with Gasteiger partial charge < -0.3 is 11.1 Å². The van der Waals surface area contributed by atoms with Gasteiger partial charge in [-0.1, -0.05) is 18.2 Å². The summed E-state index contributed by atoms with van der Waals surface area (Å²) < 4.78 is 26.4. The highest BCUT2D eigenvalue weighted by Gasteiger charge is 2.29. The number of nitrogens with zero attached hydrogens (tertiary/aromatic N) is 1. The van der Waals surface area contributed by atoms with Gasteiger partial charge >= 0.3 is 0 Å². The van der Waals surface area contributed by atoms with Gasteiger partial charge in [-0.05, 0) is 66.1 Å². The average molecular weight is 425 g/mol. The van der Waals surface area contributed by atoms with Gasteiger partial charge in [0.05, 0.1) is 5.75 Å². The zero-order valence-electron chi connectivity index (χ0n) is 16.7. The van der Waals surface area contributed by atoms with E-state index in [1.807, 2.05) is 30.3 Å². The second kappa shape index (κ2) is 8.04. The Morgan fingerprint density at radius 3 is 2.63 bits per heavy atom. The number of aromatic nitrogens is 1. The molecule has 3 aromatic rings. The van der Waals surface area contributed by atoms with Crippen LogP contribution in [0.4, 0.5) is 11.5 Å². The van der Waals surface area contributed by atoms with E-state index >= 15 is 0 Å². The molecule has 1 saturated carbocycles. The second-order valence-electron chi connectivity index (χ2n) is 7.48. The van der Waals surface area contributed by atoms with Gasteiger partial charge in [-0.2, -0.15) is 0 Å². The van der Waals surface area contributed by atoms with E-state index in [1.54, 1.807) is 25.3 Å². The molecule has 0 radical (unpaired) electrons. The molecule has 1 aliphatic carbocycles. The first-order chi connectivity index (χ1) is 14.4. The predicted octanol–water partition coefficient (Wildman–Crippen LogP) is 3.47. The van der Waals surface area contributed by atoms with Crippen molar-refractivity contribution < 1.29 is 13.2 Å². The van der Waals surface area contributed by atoms with Crippen LogP contribution in [0.15, 0.2) is 48.7 Å². The Morgan fingerprint density at radius 2 is 1.93 bits per heavy atom. The molecule has 1 heterocycles. The number of hydrogen-bond acceptors (Lipinski definition) is 5. The highest BCUT2D eigenvalue weighted by Crippen LogP contribution is 2.32. The first kappa shape index (κ1) is 20.3. The fraction of sp³-hybridized carbons (Fsp3) is 0.273. The van der Waals surface area contributed by atoms with Crippen LogP contribution >= 0.6 is 0 Å². The third-order valence-electron chi connectivity index (χ3n) is 5.22. The number of amides is 1. The molecule has 8 heteroatoms. The number of pyridine rings is 1. The Kier molecular flexibility index (Phi) is 5.44. The summed E-state index contributed by atoms with van der Waals surface area (Å²) >= 11 is 0. The molecule has 0 saturated heterocycles. The highest BCUT2D eigenvalue weighted by atomic mass is 32.2. The fourth-order valence-electron chi connectivity index (χ4n) is 3.29. The van der Waals surface area contributed by atoms with Crippen LogP contribution in [0.2, 0.25) is 0 Å². The number of benzene rings is 2. The quantitative estimate of drug-likeness (QED) is 0.537. The van der Waals surface area contributed by atoms with Crippen LogP contribution in [0, 0.1) is 5.92 Å². The van der Waals surface area contributed by atoms with Gasteiger partial charge in [-0.25, -0.2) is 13.4 Å². The van der Waals surface area contributed by atoms with Crippen molar-refractivity contribution in [1.29, 1.82) is 0 Å². The standard InChI is InChI=1S/C22H24N4O3S/c1-2-30(28,29)26-19-8-7-17(12-23)20(11-19)16-6-5-15-10-21(24-13-18(15)9-16)25-22(27)14-3-4-14/h5-11,13-14,26H,2-4,12,23H2,1H3,(H,24,25,27). The minimum absolute atomic E-state index is 0.00222. The van der Waals surface area contributed by atoms with Gasteiger partial charge in [0, 0.05) is 29.7 Å². The number of carbonyl (C=O) groups is 1. The van der Waals surface area contributed by atoms with Gasteiger partial charge in [-0.15, -0.1) is 0 Å². The molecule has 0 atom stereocenters. The van der Waals surface area contributed by atoms with Crippen molar-refractivity contribution in [2.75, 3.05) is 15.8 Å². The summed E-state index contributed by atoms with van der Waals surface area (Å²) in [5, 5.41) is 4.74. The van der Waals surface area contributed by atoms with Crippen molar-refractivity contribution in [3.05, 3.63) is 54.2 Å². The average Bonchev–Trinajstić information content (AvgIpc) is 3.58. The third-order valence-corrected chi connectivity index (χ3v) is 6.52. The molecule has 156 valence electrons. The lowest BCUT2D eigenvalue weighted by atomic mass is 9.97. The maximum atomic E-state index is 12.0. The first-order valence-electron chi connectivity index (χ1n) is 9.93. The van der Waals surface area contributed by atoms with Crippen LogP contribution in [-0.4, -0.2) is 25.1 Å². The van der Waals surface area contributed by atoms with Crippen molar-refractivity contribution in [3.8, 4) is 11.1 Å². The molecule has 1 amide bonds. The van der Waals surface area contributed by atoms with Crippen molar-refractivity contribution in [1.82, 2.24) is 4.98 Å². The summed E-state index contributed by atoms with van der Waals surface area (Å²) in [5.74, 6) is 0.697. The summed E-state index contributed by atoms with van der Waals surface area (Å²) in [5.41, 5.74) is 9.10. The van der Waals surface area contributed by atoms with Gasteiger partial charge in [0.25, 0.3) is 0 Å². The van der Waals surface area contributed by atoms with Gasteiger partial charge in [-0.3, -0.25) is 9.52 Å². The summed E-state index contributed by atoms with van der Waals surface area (Å²) in [6, 6.07) is 13.1. The molecular weight excluding hydrogens is 400 g/mol. The zero-order valence-corrected chi connectivity index (χ0v) is 17.5. The Labute approximate surface area is 175 Å². The normalized spacial score (nSPS) is 13.9. The number of nitrogens with two attached hydrogens (primary N) is 1. The van der Waals surface area contributed by atoms with Crippen LogP contribution in [0.3, 0.4) is 0 Å². The molecule has 0 aliphatic heterocycles. The van der Waals surface area contributed by atoms with Crippen LogP contribution in [0.25, 0.3) is 21.9 Å². The van der Waals surface area contributed by atoms with E-state index < -0.39 is 10.0 Å². The smallest absolute Gasteiger partial charge is 0.232 e. The minimum atomic E-state index is -3.37. The molecule has 0 spiro atoms. The lowest BCUT2D eigenvalue weighted by Gasteiger charge is -2.13. The van der Waals surface area contributed by atoms with E-state index in [1.165, 1.54) is 0 Å². The molecule has 1 fully saturated rings. The van der Waals surface area contributed by atoms with Crippen molar-refractivity contribution in [2.45, 2.75) is 26.3 Å². The summed E-state index contributed by atoms with van der Waals surface area (Å²) in [4.78, 5) is 16.3. The monoisotopic (exact) mass is 424 g/mol. The van der Waals surface area contributed by atoms with Gasteiger partial charge in [0.2, 0.25) is 15.9 Å². The SMILES string of the molecule is CCS(=O)(=O)Nc1ccc(CN)c(-c2ccc3cc(NC(=O)C4CC4)ncc3c2)c1. The second-order valence-corrected chi connectivity index (χ2v) is 9.49. The Bertz CT molecular complexity index is 1220. The van der Waals surface area contributed by atoms with E-state index in [0.29, 0.717) is 18.1 Å². The lowest BCUT2D eigenvalue weighted by Crippen LogP contribution is -2.14. The number of nitrogens with one attached hydrogen (secondary N) is 2. The van der Waals surface area contributed by atoms with Crippen LogP contribution in [0.1, 0.15) is 25.3 Å². The molecule has 0 unspecified atom stereocenters. The largest absolute Gasteiger partial charge is 0.326 e. The number of carbonyl (C=O) groups excluding carboxylic acids is 1. The molecule has 1 aliphatic rings. The Hall–Kier alpha value is -2.97. The highest BCUT2D eigenvalue weighted by molar-refractivity contribution is 7.92. The Balaban J connectivity index is 1.67. The van der Waals surface area contributed by atoms with E-state index in [-0.39, 0.29) is 17.6 Å². The minimum Gasteiger partial charge on any atom is -0.326 e. The molecule has 1 aromatic heterocycles. The van der Waals surface area contributed by atoms with Gasteiger partial charge in [0.1, 0.15) is 5.82 Å².